The van der Waals surface area contributed by atoms with E-state index in [1.165, 1.54) is 91.8 Å². The Balaban J connectivity index is 0.000000116. The van der Waals surface area contributed by atoms with Crippen LogP contribution in [0.3, 0.4) is 0 Å². The number of anilines is 22. The molecule has 0 amide bonds. The summed E-state index contributed by atoms with van der Waals surface area (Å²) in [5, 5.41) is 3.55. The minimum atomic E-state index is 0.172. The third kappa shape index (κ3) is 12.7. The predicted octanol–water partition coefficient (Wildman–Crippen LogP) is 16.5. The number of benzene rings is 5. The Morgan fingerprint density at radius 3 is 0.939 bits per heavy atom. The minimum Gasteiger partial charge on any atom is -0.350 e. The normalized spacial score (nSPS) is 20.5. The van der Waals surface area contributed by atoms with Crippen molar-refractivity contribution in [3.05, 3.63) is 243 Å². The van der Waals surface area contributed by atoms with Gasteiger partial charge in [0, 0.05) is 114 Å². The molecule has 0 fully saturated rings. The molecule has 22 nitrogen and oxygen atoms in total. The summed E-state index contributed by atoms with van der Waals surface area (Å²) < 4.78 is 9.18. The summed E-state index contributed by atoms with van der Waals surface area (Å²) in [6, 6.07) is 78.6. The number of pyridine rings is 6. The summed E-state index contributed by atoms with van der Waals surface area (Å²) in [4.78, 5) is 44.8. The van der Waals surface area contributed by atoms with Gasteiger partial charge in [-0.3, -0.25) is 0 Å². The van der Waals surface area contributed by atoms with Gasteiger partial charge in [0.15, 0.2) is 37.0 Å². The van der Waals surface area contributed by atoms with E-state index in [1.54, 1.807) is 0 Å². The number of fused-ring (bicyclic) bond motifs is 7. The molecule has 6 aromatic heterocycles. The Bertz CT molecular complexity index is 5030. The number of nitrogens with one attached hydrogen (secondary N) is 1. The third-order valence-electron chi connectivity index (χ3n) is 25.1. The summed E-state index contributed by atoms with van der Waals surface area (Å²) in [5.41, 5.74) is 14.9. The second-order valence-electron chi connectivity index (χ2n) is 32.0. The zero-order valence-electron chi connectivity index (χ0n) is 70.8. The maximum absolute atomic E-state index is 4.69. The topological polar surface area (TPSA) is 102 Å². The lowest BCUT2D eigenvalue weighted by Crippen LogP contribution is -2.50. The highest BCUT2D eigenvalue weighted by molar-refractivity contribution is 5.88. The van der Waals surface area contributed by atoms with Crippen molar-refractivity contribution in [3.8, 4) is 0 Å². The van der Waals surface area contributed by atoms with Crippen molar-refractivity contribution in [3.63, 3.8) is 0 Å². The van der Waals surface area contributed by atoms with Crippen LogP contribution < -0.4 is 92.2 Å². The standard InChI is InChI=1S/C28H36N5.C24H28N5.C22H26N7.C19H24N5/c1-19(2)30-21(5)32(25-15-10-8-13-23(25)30)27-17-12-18-28(29(27)7)33-22(6)31(20(3)4)24-14-9-11-16-26(24)33;1-17-25(3)19-11-6-8-13-21(19)28(17)23-15-10-16-24(27(23)5)29-18(2)26(4)20-12-7-9-14-22(20)29;1-15-25(3)17-9-7-13-23-21(17)28(15)19-11-6-12-20(27(19)5)29-16(2)26(4)18-10-8-14-24-22(18)29;1-14-20-16-8-5-6-9-17(16)24(14)19-11-7-10-18(22(19)4)23-13-12-21(3)15(23)2/h8-22H,1-7H3;6-18H,1-5H3;6-16H,1-5H3;5-15,20H,1-4H3/q4*+1/t21-,22+;17-,18+;15-,16+;14-,15+/m...1/s1. The molecule has 8 aliphatic rings. The van der Waals surface area contributed by atoms with Crippen molar-refractivity contribution in [2.75, 3.05) is 109 Å². The molecule has 14 heterocycles. The van der Waals surface area contributed by atoms with Crippen LogP contribution in [0.4, 0.5) is 126 Å². The number of nitrogens with zero attached hydrogens (tertiary/aromatic N) is 21. The van der Waals surface area contributed by atoms with Crippen LogP contribution in [0.2, 0.25) is 0 Å². The van der Waals surface area contributed by atoms with Gasteiger partial charge in [-0.05, 0) is 192 Å². The number of para-hydroxylation sites is 10. The van der Waals surface area contributed by atoms with Crippen LogP contribution in [-0.4, -0.2) is 112 Å². The van der Waals surface area contributed by atoms with E-state index in [-0.39, 0.29) is 43.2 Å². The van der Waals surface area contributed by atoms with Crippen LogP contribution in [0.15, 0.2) is 243 Å². The summed E-state index contributed by atoms with van der Waals surface area (Å²) in [6.45, 7) is 27.0. The lowest BCUT2D eigenvalue weighted by atomic mass is 10.2. The molecule has 592 valence electrons. The fourth-order valence-corrected chi connectivity index (χ4v) is 18.7. The van der Waals surface area contributed by atoms with Crippen molar-refractivity contribution < 1.29 is 18.3 Å². The van der Waals surface area contributed by atoms with E-state index in [0.29, 0.717) is 18.2 Å². The van der Waals surface area contributed by atoms with Gasteiger partial charge in [0.2, 0.25) is 58.2 Å². The van der Waals surface area contributed by atoms with E-state index >= 15 is 0 Å². The van der Waals surface area contributed by atoms with Crippen molar-refractivity contribution in [1.82, 2.24) is 14.9 Å². The average molecular weight is 1540 g/mol. The molecular formula is C93H114N22+4. The summed E-state index contributed by atoms with van der Waals surface area (Å²) in [7, 11) is 19.3. The van der Waals surface area contributed by atoms with Gasteiger partial charge in [0.25, 0.3) is 0 Å². The molecule has 11 aromatic rings. The Hall–Kier alpha value is -12.5. The number of hydrogen-bond acceptors (Lipinski definition) is 18. The highest BCUT2D eigenvalue weighted by Gasteiger charge is 2.47. The van der Waals surface area contributed by atoms with Gasteiger partial charge in [-0.15, -0.1) is 0 Å². The Morgan fingerprint density at radius 1 is 0.278 bits per heavy atom. The third-order valence-corrected chi connectivity index (χ3v) is 25.1. The van der Waals surface area contributed by atoms with E-state index in [0.717, 1.165) is 34.6 Å². The Labute approximate surface area is 680 Å². The van der Waals surface area contributed by atoms with Crippen LogP contribution in [-0.2, 0) is 28.2 Å². The fraction of sp³-hybridized carbons (Fsp3) is 0.333. The highest BCUT2D eigenvalue weighted by atomic mass is 15.5. The molecule has 0 unspecified atom stereocenters. The molecule has 8 atom stereocenters. The zero-order valence-corrected chi connectivity index (χ0v) is 70.8. The maximum Gasteiger partial charge on any atom is 0.231 e. The van der Waals surface area contributed by atoms with Crippen LogP contribution in [0, 0.1) is 0 Å². The first-order valence-electron chi connectivity index (χ1n) is 40.7. The molecule has 0 bridgehead atoms. The van der Waals surface area contributed by atoms with E-state index in [1.807, 2.05) is 24.5 Å². The van der Waals surface area contributed by atoms with Gasteiger partial charge >= 0.3 is 0 Å². The molecule has 22 heteroatoms. The largest absolute Gasteiger partial charge is 0.350 e. The molecule has 8 aliphatic heterocycles. The van der Waals surface area contributed by atoms with Gasteiger partial charge in [-0.1, -0.05) is 60.7 Å². The molecule has 0 saturated carbocycles. The van der Waals surface area contributed by atoms with E-state index in [9.17, 15) is 0 Å². The summed E-state index contributed by atoms with van der Waals surface area (Å²) in [5.74, 6) is 11.3. The molecule has 5 aromatic carbocycles. The van der Waals surface area contributed by atoms with Crippen LogP contribution >= 0.6 is 0 Å². The smallest absolute Gasteiger partial charge is 0.231 e. The Kier molecular flexibility index (Phi) is 20.3. The first kappa shape index (κ1) is 76.5. The van der Waals surface area contributed by atoms with Crippen LogP contribution in [0.5, 0.6) is 0 Å². The van der Waals surface area contributed by atoms with Crippen molar-refractivity contribution in [2.24, 2.45) is 28.2 Å². The van der Waals surface area contributed by atoms with Crippen molar-refractivity contribution in [2.45, 2.75) is 144 Å². The predicted molar refractivity (Wildman–Crippen MR) is 474 cm³/mol. The van der Waals surface area contributed by atoms with Gasteiger partial charge in [0.05, 0.1) is 74.2 Å². The maximum atomic E-state index is 4.69. The van der Waals surface area contributed by atoms with Gasteiger partial charge in [-0.25, -0.2) is 67.4 Å². The average Bonchev–Trinajstić information content (AvgIpc) is 1.74. The van der Waals surface area contributed by atoms with Gasteiger partial charge in [0.1, 0.15) is 40.8 Å². The second kappa shape index (κ2) is 30.5. The molecule has 0 spiro atoms. The quantitative estimate of drug-likeness (QED) is 0.131. The summed E-state index contributed by atoms with van der Waals surface area (Å²) >= 11 is 0. The van der Waals surface area contributed by atoms with Crippen molar-refractivity contribution in [1.29, 1.82) is 0 Å². The van der Waals surface area contributed by atoms with Crippen LogP contribution in [0.1, 0.15) is 83.1 Å². The minimum absolute atomic E-state index is 0.172. The molecule has 0 aliphatic carbocycles. The van der Waals surface area contributed by atoms with E-state index in [4.69, 9.17) is 0 Å². The SMILES string of the molecule is CC(C)N1c2ccccc2N(c2cccc(N3c4ccccc4N(C(C)C)[C@H]3C)[n+]2C)[C@H]1C.C[C@@H]1N(C)c2ccccc2N1c1cccc(N2c3ccccc3N(C)[C@@H]2C)[n+]1C.C[C@@H]1N(C)c2cccnc2N1c1cccc(N2c3ncccc3N(C)[C@@H]2C)[n+]1C.C[C@@H]1Nc2ccccc2N1c1cccc(N2C=CN(C)[C@@H]2C)[n+]1C. The van der Waals surface area contributed by atoms with E-state index in [2.05, 4.69) is 472 Å². The lowest BCUT2D eigenvalue weighted by Gasteiger charge is -2.32. The van der Waals surface area contributed by atoms with E-state index < -0.39 is 0 Å². The second-order valence-corrected chi connectivity index (χ2v) is 32.0. The highest BCUT2D eigenvalue weighted by Crippen LogP contribution is 2.50. The number of hydrogen-bond donors (Lipinski definition) is 1. The molecule has 19 rings (SSSR count). The molecule has 1 N–H and O–H groups in total. The lowest BCUT2D eigenvalue weighted by molar-refractivity contribution is -0.646. The zero-order chi connectivity index (χ0) is 80.9. The van der Waals surface area contributed by atoms with Gasteiger partial charge in [-0.2, -0.15) is 0 Å². The first-order chi connectivity index (χ1) is 55.4. The summed E-state index contributed by atoms with van der Waals surface area (Å²) in [6.07, 6.45) is 9.83. The van der Waals surface area contributed by atoms with Gasteiger partial charge < -0.3 is 39.6 Å². The van der Waals surface area contributed by atoms with Crippen molar-refractivity contribution >= 4 is 126 Å². The molecule has 115 heavy (non-hydrogen) atoms. The Morgan fingerprint density at radius 2 is 0.565 bits per heavy atom. The monoisotopic (exact) mass is 1540 g/mol. The number of rotatable bonds is 10. The fourth-order valence-electron chi connectivity index (χ4n) is 18.7. The van der Waals surface area contributed by atoms with Crippen LogP contribution in [0.25, 0.3) is 0 Å². The first-order valence-corrected chi connectivity index (χ1v) is 40.7. The molecular weight excluding hydrogens is 1430 g/mol. The number of aromatic nitrogens is 6. The molecule has 0 saturated heterocycles. The molecule has 0 radical (unpaired) electrons.